The Morgan fingerprint density at radius 1 is 1.17 bits per heavy atom. The van der Waals surface area contributed by atoms with Crippen molar-refractivity contribution in [2.24, 2.45) is 0 Å². The average molecular weight is 95.1 g/mol. The van der Waals surface area contributed by atoms with E-state index in [1.165, 1.54) is 0 Å². The van der Waals surface area contributed by atoms with Gasteiger partial charge in [0.15, 0.2) is 0 Å². The van der Waals surface area contributed by atoms with E-state index in [9.17, 15) is 0 Å². The van der Waals surface area contributed by atoms with E-state index in [2.05, 4.69) is 9.78 Å². The summed E-state index contributed by atoms with van der Waals surface area (Å²) in [5.74, 6) is 0. The third-order valence-corrected chi connectivity index (χ3v) is 0.232. The maximum atomic E-state index is 7.74. The molecule has 0 aromatic heterocycles. The second-order valence-corrected chi connectivity index (χ2v) is 0.715. The summed E-state index contributed by atoms with van der Waals surface area (Å²) >= 11 is 0. The van der Waals surface area contributed by atoms with Gasteiger partial charge in [-0.3, -0.25) is 0 Å². The van der Waals surface area contributed by atoms with Gasteiger partial charge >= 0.3 is 6.16 Å². The van der Waals surface area contributed by atoms with E-state index < -0.39 is 6.16 Å². The topological polar surface area (TPSA) is 101 Å². The van der Waals surface area contributed by atoms with Crippen molar-refractivity contribution in [2.45, 2.75) is 6.16 Å². The molecule has 1 aliphatic heterocycles. The smallest absolute Gasteiger partial charge is 0.344 e. The first-order valence-corrected chi connectivity index (χ1v) is 1.02. The highest BCUT2D eigenvalue weighted by molar-refractivity contribution is 4.24. The van der Waals surface area contributed by atoms with E-state index in [1.807, 2.05) is 0 Å². The van der Waals surface area contributed by atoms with E-state index in [0.29, 0.717) is 0 Å². The zero-order valence-corrected chi connectivity index (χ0v) is 2.92. The molecule has 0 amide bonds. The Bertz CT molecular complexity index is 45.5. The summed E-state index contributed by atoms with van der Waals surface area (Å²) in [6.07, 6.45) is -2.25. The van der Waals surface area contributed by atoms with Gasteiger partial charge in [-0.05, 0) is 0 Å². The predicted octanol–water partition coefficient (Wildman–Crippen LogP) is -1.29. The molecule has 0 atom stereocenters. The Morgan fingerprint density at radius 3 is 1.33 bits per heavy atom. The molecule has 0 unspecified atom stereocenters. The van der Waals surface area contributed by atoms with E-state index in [4.69, 9.17) is 10.2 Å². The van der Waals surface area contributed by atoms with Gasteiger partial charge < -0.3 is 16.4 Å². The standard InChI is InChI=1S/CH2O4.H3N/c2-1(3)4-5-1;/h2-3H;1H3. The molecule has 1 saturated heterocycles. The predicted molar refractivity (Wildman–Crippen MR) is 14.4 cm³/mol. The number of aliphatic hydroxyl groups is 2. The molecule has 5 heteroatoms. The maximum absolute atomic E-state index is 7.74. The Labute approximate surface area is 33.6 Å². The quantitative estimate of drug-likeness (QED) is 0.197. The average Bonchev–Trinajstić information content (AvgIpc) is 1.76. The molecule has 38 valence electrons. The molecule has 1 fully saturated rings. The van der Waals surface area contributed by atoms with E-state index >= 15 is 0 Å². The summed E-state index contributed by atoms with van der Waals surface area (Å²) in [6.45, 7) is 0. The van der Waals surface area contributed by atoms with Gasteiger partial charge in [0, 0.05) is 0 Å². The SMILES string of the molecule is N.OC1(O)OO1. The summed E-state index contributed by atoms with van der Waals surface area (Å²) in [5.41, 5.74) is 0. The van der Waals surface area contributed by atoms with Crippen LogP contribution >= 0.6 is 0 Å². The van der Waals surface area contributed by atoms with Crippen LogP contribution in [0.3, 0.4) is 0 Å². The molecule has 0 saturated carbocycles. The van der Waals surface area contributed by atoms with Crippen molar-refractivity contribution >= 4 is 0 Å². The first kappa shape index (κ1) is 5.80. The van der Waals surface area contributed by atoms with Gasteiger partial charge in [-0.1, -0.05) is 0 Å². The van der Waals surface area contributed by atoms with Crippen LogP contribution in [0, 0.1) is 0 Å². The lowest BCUT2D eigenvalue weighted by molar-refractivity contribution is -0.168. The van der Waals surface area contributed by atoms with Gasteiger partial charge in [0.05, 0.1) is 0 Å². The Hall–Kier alpha value is -0.200. The summed E-state index contributed by atoms with van der Waals surface area (Å²) < 4.78 is 0. The fraction of sp³-hybridized carbons (Fsp3) is 1.00. The van der Waals surface area contributed by atoms with Gasteiger partial charge in [-0.25, -0.2) is 0 Å². The summed E-state index contributed by atoms with van der Waals surface area (Å²) in [7, 11) is 0. The van der Waals surface area contributed by atoms with E-state index in [-0.39, 0.29) is 6.15 Å². The zero-order valence-electron chi connectivity index (χ0n) is 2.92. The molecule has 1 heterocycles. The molecule has 0 aromatic rings. The van der Waals surface area contributed by atoms with Crippen LogP contribution in [-0.2, 0) is 9.78 Å². The Morgan fingerprint density at radius 2 is 1.33 bits per heavy atom. The molecule has 0 radical (unpaired) electrons. The monoisotopic (exact) mass is 95.0 g/mol. The van der Waals surface area contributed by atoms with Crippen LogP contribution in [0.5, 0.6) is 0 Å². The highest BCUT2D eigenvalue weighted by atomic mass is 17.5. The van der Waals surface area contributed by atoms with Crippen LogP contribution in [0.15, 0.2) is 0 Å². The van der Waals surface area contributed by atoms with Gasteiger partial charge in [0.25, 0.3) is 0 Å². The summed E-state index contributed by atoms with van der Waals surface area (Å²) in [5, 5.41) is 15.5. The van der Waals surface area contributed by atoms with Crippen LogP contribution in [0.4, 0.5) is 0 Å². The summed E-state index contributed by atoms with van der Waals surface area (Å²) in [6, 6.07) is 0. The Kier molecular flexibility index (Phi) is 1.10. The lowest BCUT2D eigenvalue weighted by Gasteiger charge is -1.73. The van der Waals surface area contributed by atoms with Crippen molar-refractivity contribution in [2.75, 3.05) is 0 Å². The normalized spacial score (nSPS) is 25.0. The molecule has 5 nitrogen and oxygen atoms in total. The number of rotatable bonds is 0. The fourth-order valence-electron chi connectivity index (χ4n) is 0.0373. The highest BCUT2D eigenvalue weighted by Crippen LogP contribution is 2.19. The van der Waals surface area contributed by atoms with Gasteiger partial charge in [0.2, 0.25) is 0 Å². The molecule has 1 rings (SSSR count). The van der Waals surface area contributed by atoms with Gasteiger partial charge in [-0.2, -0.15) is 0 Å². The number of hydrogen-bond acceptors (Lipinski definition) is 5. The minimum atomic E-state index is -2.25. The third kappa shape index (κ3) is 1.29. The minimum absolute atomic E-state index is 0. The van der Waals surface area contributed by atoms with Crippen molar-refractivity contribution in [1.82, 2.24) is 6.15 Å². The third-order valence-electron chi connectivity index (χ3n) is 0.232. The van der Waals surface area contributed by atoms with Crippen molar-refractivity contribution in [1.29, 1.82) is 0 Å². The van der Waals surface area contributed by atoms with Crippen molar-refractivity contribution in [3.05, 3.63) is 0 Å². The molecule has 6 heavy (non-hydrogen) atoms. The first-order valence-electron chi connectivity index (χ1n) is 1.02. The second kappa shape index (κ2) is 1.14. The summed E-state index contributed by atoms with van der Waals surface area (Å²) in [4.78, 5) is 7.01. The highest BCUT2D eigenvalue weighted by Gasteiger charge is 2.45. The fourth-order valence-corrected chi connectivity index (χ4v) is 0.0373. The van der Waals surface area contributed by atoms with Crippen LogP contribution in [-0.4, -0.2) is 16.4 Å². The molecular formula is CH5NO4. The molecule has 0 bridgehead atoms. The largest absolute Gasteiger partial charge is 0.461 e. The molecule has 0 spiro atoms. The molecule has 5 N–H and O–H groups in total. The minimum Gasteiger partial charge on any atom is -0.344 e. The van der Waals surface area contributed by atoms with Crippen molar-refractivity contribution in [3.8, 4) is 0 Å². The second-order valence-electron chi connectivity index (χ2n) is 0.715. The maximum Gasteiger partial charge on any atom is 0.461 e. The van der Waals surface area contributed by atoms with Crippen LogP contribution < -0.4 is 6.15 Å². The van der Waals surface area contributed by atoms with E-state index in [0.717, 1.165) is 0 Å². The Balaban J connectivity index is 0.000000250. The van der Waals surface area contributed by atoms with Crippen molar-refractivity contribution in [3.63, 3.8) is 0 Å². The van der Waals surface area contributed by atoms with Crippen molar-refractivity contribution < 1.29 is 20.0 Å². The lowest BCUT2D eigenvalue weighted by atomic mass is 11.2. The van der Waals surface area contributed by atoms with E-state index in [1.54, 1.807) is 0 Å². The van der Waals surface area contributed by atoms with Crippen LogP contribution in [0.25, 0.3) is 0 Å². The molecule has 1 aliphatic rings. The molecule has 0 aromatic carbocycles. The lowest BCUT2D eigenvalue weighted by Crippen LogP contribution is -2.03. The van der Waals surface area contributed by atoms with Gasteiger partial charge in [-0.15, -0.1) is 9.78 Å². The van der Waals surface area contributed by atoms with Crippen LogP contribution in [0.1, 0.15) is 0 Å². The van der Waals surface area contributed by atoms with Crippen LogP contribution in [0.2, 0.25) is 0 Å². The molecular weight excluding hydrogens is 90.0 g/mol. The van der Waals surface area contributed by atoms with Gasteiger partial charge in [0.1, 0.15) is 0 Å². The zero-order chi connectivity index (χ0) is 3.91. The molecule has 0 aliphatic carbocycles. The number of hydrogen-bond donors (Lipinski definition) is 3. The first-order chi connectivity index (χ1) is 2.21.